The third-order valence-electron chi connectivity index (χ3n) is 2.94. The van der Waals surface area contributed by atoms with Gasteiger partial charge in [0.2, 0.25) is 0 Å². The second-order valence-corrected chi connectivity index (χ2v) is 4.03. The van der Waals surface area contributed by atoms with Crippen molar-refractivity contribution >= 4 is 16.7 Å². The van der Waals surface area contributed by atoms with Crippen LogP contribution in [0.25, 0.3) is 10.8 Å². The van der Waals surface area contributed by atoms with Gasteiger partial charge >= 0.3 is 35.5 Å². The number of fused-ring (bicyclic) bond motifs is 1. The van der Waals surface area contributed by atoms with Crippen molar-refractivity contribution in [3.8, 4) is 5.75 Å². The van der Waals surface area contributed by atoms with E-state index in [-0.39, 0.29) is 29.6 Å². The van der Waals surface area contributed by atoms with E-state index in [1.165, 1.54) is 0 Å². The van der Waals surface area contributed by atoms with Crippen LogP contribution in [-0.2, 0) is 4.79 Å². The first-order valence-corrected chi connectivity index (χ1v) is 5.42. The van der Waals surface area contributed by atoms with Gasteiger partial charge in [0.1, 0.15) is 5.75 Å². The summed E-state index contributed by atoms with van der Waals surface area (Å²) in [5, 5.41) is 11.0. The van der Waals surface area contributed by atoms with Gasteiger partial charge in [0.15, 0.2) is 0 Å². The monoisotopic (exact) mass is 253 g/mol. The summed E-state index contributed by atoms with van der Waals surface area (Å²) in [5.74, 6) is -0.490. The summed E-state index contributed by atoms with van der Waals surface area (Å²) in [5.41, 5.74) is 0.815. The van der Waals surface area contributed by atoms with Crippen molar-refractivity contribution in [2.75, 3.05) is 7.11 Å². The van der Waals surface area contributed by atoms with Crippen molar-refractivity contribution in [2.45, 2.75) is 12.8 Å². The summed E-state index contributed by atoms with van der Waals surface area (Å²) in [6.45, 7) is 1.69. The number of carbonyl (C=O) groups is 1. The Labute approximate surface area is 128 Å². The van der Waals surface area contributed by atoms with E-state index in [9.17, 15) is 4.79 Å². The molecule has 88 valence electrons. The Bertz CT molecular complexity index is 566. The van der Waals surface area contributed by atoms with Gasteiger partial charge in [-0.25, -0.2) is 0 Å². The number of ether oxygens (including phenoxy) is 1. The van der Waals surface area contributed by atoms with Crippen molar-refractivity contribution in [2.24, 2.45) is 0 Å². The van der Waals surface area contributed by atoms with Crippen molar-refractivity contribution in [1.29, 1.82) is 0 Å². The van der Waals surface area contributed by atoms with Gasteiger partial charge in [0.05, 0.1) is 13.0 Å². The molecule has 2 aromatic rings. The molecule has 0 radical (unpaired) electrons. The van der Waals surface area contributed by atoms with Gasteiger partial charge in [-0.2, -0.15) is 0 Å². The molecule has 4 heteroatoms. The summed E-state index contributed by atoms with van der Waals surface area (Å²) in [6.07, 6.45) is 0. The van der Waals surface area contributed by atoms with Crippen molar-refractivity contribution in [1.82, 2.24) is 0 Å². The van der Waals surface area contributed by atoms with Gasteiger partial charge in [-0.1, -0.05) is 24.3 Å². The van der Waals surface area contributed by atoms with Crippen LogP contribution in [0.3, 0.4) is 0 Å². The van der Waals surface area contributed by atoms with E-state index in [1.807, 2.05) is 36.4 Å². The first-order chi connectivity index (χ1) is 8.11. The van der Waals surface area contributed by atoms with Gasteiger partial charge < -0.3 is 9.84 Å². The second-order valence-electron chi connectivity index (χ2n) is 4.03. The smallest absolute Gasteiger partial charge is 0.497 e. The molecule has 0 aliphatic carbocycles. The van der Waals surface area contributed by atoms with Crippen LogP contribution in [-0.4, -0.2) is 18.2 Å². The Morgan fingerprint density at radius 2 is 1.78 bits per heavy atom. The number of aliphatic carboxylic acids is 1. The molecule has 3 nitrogen and oxygen atoms in total. The van der Waals surface area contributed by atoms with E-state index in [2.05, 4.69) is 0 Å². The normalized spacial score (nSPS) is 11.7. The molecule has 0 bridgehead atoms. The minimum absolute atomic E-state index is 0. The first kappa shape index (κ1) is 15.0. The molecular formula is C14H14NaO3+. The van der Waals surface area contributed by atoms with E-state index >= 15 is 0 Å². The van der Waals surface area contributed by atoms with Crippen LogP contribution in [0.1, 0.15) is 18.4 Å². The van der Waals surface area contributed by atoms with Gasteiger partial charge in [-0.05, 0) is 35.4 Å². The van der Waals surface area contributed by atoms with E-state index < -0.39 is 11.9 Å². The fourth-order valence-corrected chi connectivity index (χ4v) is 1.78. The third kappa shape index (κ3) is 3.05. The average Bonchev–Trinajstić information content (AvgIpc) is 2.36. The van der Waals surface area contributed by atoms with Gasteiger partial charge in [0.25, 0.3) is 0 Å². The number of carboxylic acid groups (broad SMARTS) is 1. The Hall–Kier alpha value is -1.03. The molecule has 0 unspecified atom stereocenters. The molecule has 0 aromatic heterocycles. The fraction of sp³-hybridized carbons (Fsp3) is 0.214. The van der Waals surface area contributed by atoms with Gasteiger partial charge in [-0.3, -0.25) is 4.79 Å². The number of methoxy groups -OCH3 is 1. The SMILES string of the molecule is COc1ccc2cc([C@H](C)C(=O)O)ccc2c1.[Na+]. The molecule has 0 aliphatic heterocycles. The molecule has 1 atom stereocenters. The molecule has 18 heavy (non-hydrogen) atoms. The predicted octanol–water partition coefficient (Wildman–Crippen LogP) is 0.0405. The van der Waals surface area contributed by atoms with Crippen LogP contribution in [0.5, 0.6) is 5.75 Å². The summed E-state index contributed by atoms with van der Waals surface area (Å²) in [7, 11) is 1.63. The van der Waals surface area contributed by atoms with Crippen LogP contribution in [0.4, 0.5) is 0 Å². The van der Waals surface area contributed by atoms with Crippen LogP contribution in [0, 0.1) is 0 Å². The number of hydrogen-bond acceptors (Lipinski definition) is 2. The summed E-state index contributed by atoms with van der Waals surface area (Å²) in [4.78, 5) is 10.9. The largest absolute Gasteiger partial charge is 1.00 e. The van der Waals surface area contributed by atoms with Gasteiger partial charge in [-0.15, -0.1) is 0 Å². The number of carboxylic acids is 1. The number of benzene rings is 2. The maximum Gasteiger partial charge on any atom is 1.00 e. The van der Waals surface area contributed by atoms with Crippen LogP contribution >= 0.6 is 0 Å². The Kier molecular flexibility index (Phi) is 5.20. The summed E-state index contributed by atoms with van der Waals surface area (Å²) in [6, 6.07) is 11.4. The minimum Gasteiger partial charge on any atom is -0.497 e. The fourth-order valence-electron chi connectivity index (χ4n) is 1.78. The summed E-state index contributed by atoms with van der Waals surface area (Å²) < 4.78 is 5.14. The molecule has 2 aromatic carbocycles. The second kappa shape index (κ2) is 6.23. The zero-order valence-corrected chi connectivity index (χ0v) is 12.8. The molecule has 0 fully saturated rings. The summed E-state index contributed by atoms with van der Waals surface area (Å²) >= 11 is 0. The average molecular weight is 253 g/mol. The maximum absolute atomic E-state index is 10.9. The van der Waals surface area contributed by atoms with Crippen LogP contribution in [0.15, 0.2) is 36.4 Å². The van der Waals surface area contributed by atoms with Crippen LogP contribution < -0.4 is 34.3 Å². The Morgan fingerprint density at radius 1 is 1.17 bits per heavy atom. The van der Waals surface area contributed by atoms with Gasteiger partial charge in [0, 0.05) is 0 Å². The topological polar surface area (TPSA) is 46.5 Å². The standard InChI is InChI=1S/C14H14O3.Na/c1-9(14(15)16)10-3-4-12-8-13(17-2)6-5-11(12)7-10;/h3-9H,1-2H3,(H,15,16);/q;+1/t9-;/m0./s1. The molecule has 0 spiro atoms. The molecule has 0 aliphatic rings. The van der Waals surface area contributed by atoms with Crippen molar-refractivity contribution < 1.29 is 44.2 Å². The molecule has 2 rings (SSSR count). The number of rotatable bonds is 3. The molecule has 0 amide bonds. The molecule has 0 saturated heterocycles. The zero-order chi connectivity index (χ0) is 12.4. The van der Waals surface area contributed by atoms with E-state index in [0.29, 0.717) is 0 Å². The molecule has 0 saturated carbocycles. The van der Waals surface area contributed by atoms with E-state index in [0.717, 1.165) is 22.1 Å². The Morgan fingerprint density at radius 3 is 2.39 bits per heavy atom. The quantitative estimate of drug-likeness (QED) is 0.786. The minimum atomic E-state index is -0.808. The first-order valence-electron chi connectivity index (χ1n) is 5.42. The third-order valence-corrected chi connectivity index (χ3v) is 2.94. The Balaban J connectivity index is 0.00000162. The van der Waals surface area contributed by atoms with Crippen molar-refractivity contribution in [3.63, 3.8) is 0 Å². The van der Waals surface area contributed by atoms with Crippen molar-refractivity contribution in [3.05, 3.63) is 42.0 Å². The van der Waals surface area contributed by atoms with Crippen LogP contribution in [0.2, 0.25) is 0 Å². The van der Waals surface area contributed by atoms with E-state index in [1.54, 1.807) is 14.0 Å². The molecule has 0 heterocycles. The molecule has 1 N–H and O–H groups in total. The predicted molar refractivity (Wildman–Crippen MR) is 66.6 cm³/mol. The maximum atomic E-state index is 10.9. The molecular weight excluding hydrogens is 239 g/mol. The number of hydrogen-bond donors (Lipinski definition) is 1. The zero-order valence-electron chi connectivity index (χ0n) is 10.8. The van der Waals surface area contributed by atoms with E-state index in [4.69, 9.17) is 9.84 Å².